The third-order valence-electron chi connectivity index (χ3n) is 5.26. The second kappa shape index (κ2) is 13.0. The van der Waals surface area contributed by atoms with E-state index in [9.17, 15) is 27.6 Å². The van der Waals surface area contributed by atoms with E-state index in [-0.39, 0.29) is 24.5 Å². The SMILES string of the molecule is CCCCCOCCOc1ccc(C(=O)NNC(=O)C2=COC(C)(C)N2C(=O)OC(C)(C)C)cc1C(F)(F)F. The van der Waals surface area contributed by atoms with Gasteiger partial charge in [0.1, 0.15) is 24.2 Å². The van der Waals surface area contributed by atoms with Gasteiger partial charge in [0.15, 0.2) is 11.4 Å². The zero-order valence-corrected chi connectivity index (χ0v) is 23.0. The van der Waals surface area contributed by atoms with Crippen LogP contribution in [0.5, 0.6) is 5.75 Å². The average Bonchev–Trinajstić information content (AvgIpc) is 3.15. The lowest BCUT2D eigenvalue weighted by atomic mass is 10.1. The van der Waals surface area contributed by atoms with Gasteiger partial charge in [0, 0.05) is 12.2 Å². The molecule has 0 radical (unpaired) electrons. The maximum Gasteiger partial charge on any atom is 0.419 e. The molecule has 1 aromatic carbocycles. The van der Waals surface area contributed by atoms with Crippen LogP contribution >= 0.6 is 0 Å². The number of carbonyl (C=O) groups is 3. The quantitative estimate of drug-likeness (QED) is 0.310. The predicted octanol–water partition coefficient (Wildman–Crippen LogP) is 4.90. The van der Waals surface area contributed by atoms with E-state index in [0.29, 0.717) is 12.7 Å². The van der Waals surface area contributed by atoms with Gasteiger partial charge in [0.2, 0.25) is 0 Å². The van der Waals surface area contributed by atoms with Crippen LogP contribution in [-0.4, -0.2) is 54.0 Å². The molecule has 39 heavy (non-hydrogen) atoms. The maximum atomic E-state index is 13.7. The van der Waals surface area contributed by atoms with Crippen LogP contribution in [0.3, 0.4) is 0 Å². The third kappa shape index (κ3) is 9.34. The Hall–Kier alpha value is -3.48. The highest BCUT2D eigenvalue weighted by Crippen LogP contribution is 2.37. The highest BCUT2D eigenvalue weighted by Gasteiger charge is 2.45. The van der Waals surface area contributed by atoms with Crippen molar-refractivity contribution in [3.8, 4) is 5.75 Å². The van der Waals surface area contributed by atoms with Crippen LogP contribution in [-0.2, 0) is 25.2 Å². The van der Waals surface area contributed by atoms with Crippen molar-refractivity contribution in [2.75, 3.05) is 19.8 Å². The Kier molecular flexibility index (Phi) is 10.6. The summed E-state index contributed by atoms with van der Waals surface area (Å²) in [5, 5.41) is 0. The number of halogens is 3. The normalized spacial score (nSPS) is 14.8. The first-order valence-corrected chi connectivity index (χ1v) is 12.5. The highest BCUT2D eigenvalue weighted by molar-refractivity contribution is 6.00. The predicted molar refractivity (Wildman–Crippen MR) is 134 cm³/mol. The molecule has 0 aliphatic carbocycles. The fraction of sp³-hybridized carbons (Fsp3) is 0.577. The Balaban J connectivity index is 2.05. The van der Waals surface area contributed by atoms with Gasteiger partial charge < -0.3 is 18.9 Å². The monoisotopic (exact) mass is 559 g/mol. The highest BCUT2D eigenvalue weighted by atomic mass is 19.4. The number of hydrogen-bond acceptors (Lipinski definition) is 7. The average molecular weight is 560 g/mol. The molecule has 10 nitrogen and oxygen atoms in total. The molecule has 0 spiro atoms. The second-order valence-corrected chi connectivity index (χ2v) is 10.2. The van der Waals surface area contributed by atoms with Crippen LogP contribution in [0.4, 0.5) is 18.0 Å². The lowest BCUT2D eigenvalue weighted by Crippen LogP contribution is -2.51. The van der Waals surface area contributed by atoms with Crippen molar-refractivity contribution in [3.05, 3.63) is 41.3 Å². The summed E-state index contributed by atoms with van der Waals surface area (Å²) in [6, 6.07) is 2.77. The van der Waals surface area contributed by atoms with E-state index >= 15 is 0 Å². The van der Waals surface area contributed by atoms with Crippen LogP contribution in [0.15, 0.2) is 30.2 Å². The summed E-state index contributed by atoms with van der Waals surface area (Å²) >= 11 is 0. The van der Waals surface area contributed by atoms with E-state index in [1.165, 1.54) is 13.8 Å². The summed E-state index contributed by atoms with van der Waals surface area (Å²) in [5.41, 5.74) is 0.184. The molecule has 0 saturated carbocycles. The first kappa shape index (κ1) is 31.7. The number of alkyl halides is 3. The molecule has 218 valence electrons. The zero-order chi connectivity index (χ0) is 29.4. The molecule has 13 heteroatoms. The largest absolute Gasteiger partial charge is 0.491 e. The number of rotatable bonds is 10. The Morgan fingerprint density at radius 2 is 1.67 bits per heavy atom. The first-order chi connectivity index (χ1) is 18.1. The van der Waals surface area contributed by atoms with Crippen molar-refractivity contribution >= 4 is 17.9 Å². The van der Waals surface area contributed by atoms with Crippen molar-refractivity contribution in [2.24, 2.45) is 0 Å². The van der Waals surface area contributed by atoms with E-state index < -0.39 is 46.7 Å². The van der Waals surface area contributed by atoms with Crippen LogP contribution in [0.2, 0.25) is 0 Å². The number of benzene rings is 1. The fourth-order valence-corrected chi connectivity index (χ4v) is 3.41. The molecule has 0 fully saturated rings. The number of nitrogens with one attached hydrogen (secondary N) is 2. The van der Waals surface area contributed by atoms with Crippen LogP contribution in [0.1, 0.15) is 76.7 Å². The zero-order valence-electron chi connectivity index (χ0n) is 23.0. The van der Waals surface area contributed by atoms with Crippen molar-refractivity contribution in [3.63, 3.8) is 0 Å². The van der Waals surface area contributed by atoms with E-state index in [1.807, 2.05) is 12.3 Å². The number of hydrogen-bond donors (Lipinski definition) is 2. The molecular formula is C26H36F3N3O7. The smallest absolute Gasteiger partial charge is 0.419 e. The molecule has 0 saturated heterocycles. The van der Waals surface area contributed by atoms with Gasteiger partial charge in [-0.25, -0.2) is 9.69 Å². The van der Waals surface area contributed by atoms with Gasteiger partial charge in [-0.2, -0.15) is 13.2 Å². The van der Waals surface area contributed by atoms with Gasteiger partial charge >= 0.3 is 12.3 Å². The standard InChI is InChI=1S/C26H36F3N3O7/c1-7-8-9-12-36-13-14-37-20-11-10-17(15-18(20)26(27,28)29)21(33)30-31-22(34)19-16-38-25(5,6)32(19)23(35)39-24(2,3)4/h10-11,15-16H,7-9,12-14H2,1-6H3,(H,30,33)(H,31,34). The van der Waals surface area contributed by atoms with Crippen LogP contribution in [0, 0.1) is 0 Å². The first-order valence-electron chi connectivity index (χ1n) is 12.5. The number of ether oxygens (including phenoxy) is 4. The van der Waals surface area contributed by atoms with Crippen molar-refractivity contribution < 1.29 is 46.5 Å². The molecule has 1 aromatic rings. The summed E-state index contributed by atoms with van der Waals surface area (Å²) in [5.74, 6) is -2.43. The van der Waals surface area contributed by atoms with E-state index in [1.54, 1.807) is 20.8 Å². The lowest BCUT2D eigenvalue weighted by Gasteiger charge is -2.33. The van der Waals surface area contributed by atoms with Crippen LogP contribution < -0.4 is 15.6 Å². The Morgan fingerprint density at radius 3 is 2.28 bits per heavy atom. The number of unbranched alkanes of at least 4 members (excludes halogenated alkanes) is 2. The van der Waals surface area contributed by atoms with Gasteiger partial charge in [0.25, 0.3) is 11.8 Å². The summed E-state index contributed by atoms with van der Waals surface area (Å²) in [7, 11) is 0. The number of nitrogens with zero attached hydrogens (tertiary/aromatic N) is 1. The molecule has 1 aliphatic heterocycles. The van der Waals surface area contributed by atoms with Gasteiger partial charge in [-0.05, 0) is 59.2 Å². The Labute approximate surface area is 225 Å². The number of hydrazine groups is 1. The van der Waals surface area contributed by atoms with Crippen molar-refractivity contribution in [1.82, 2.24) is 15.8 Å². The summed E-state index contributed by atoms with van der Waals surface area (Å²) in [6.45, 7) is 10.5. The van der Waals surface area contributed by atoms with Gasteiger partial charge in [-0.15, -0.1) is 0 Å². The lowest BCUT2D eigenvalue weighted by molar-refractivity contribution is -0.139. The molecule has 0 bridgehead atoms. The molecule has 3 amide bonds. The molecule has 2 rings (SSSR count). The number of carbonyl (C=O) groups excluding carboxylic acids is 3. The topological polar surface area (TPSA) is 115 Å². The minimum absolute atomic E-state index is 0.0987. The minimum atomic E-state index is -4.80. The Bertz CT molecular complexity index is 1070. The third-order valence-corrected chi connectivity index (χ3v) is 5.26. The molecule has 2 N–H and O–H groups in total. The summed E-state index contributed by atoms with van der Waals surface area (Å²) < 4.78 is 62.2. The van der Waals surface area contributed by atoms with Crippen molar-refractivity contribution in [1.29, 1.82) is 0 Å². The molecule has 0 atom stereocenters. The fourth-order valence-electron chi connectivity index (χ4n) is 3.41. The van der Waals surface area contributed by atoms with Gasteiger partial charge in [0.05, 0.1) is 12.2 Å². The number of amides is 3. The molecule has 1 aliphatic rings. The molecule has 0 unspecified atom stereocenters. The summed E-state index contributed by atoms with van der Waals surface area (Å²) in [6.07, 6.45) is -1.78. The molecular weight excluding hydrogens is 523 g/mol. The molecule has 1 heterocycles. The maximum absolute atomic E-state index is 13.7. The van der Waals surface area contributed by atoms with E-state index in [0.717, 1.165) is 42.6 Å². The second-order valence-electron chi connectivity index (χ2n) is 10.2. The van der Waals surface area contributed by atoms with E-state index in [2.05, 4.69) is 5.43 Å². The van der Waals surface area contributed by atoms with Gasteiger partial charge in [-0.1, -0.05) is 19.8 Å². The van der Waals surface area contributed by atoms with Crippen molar-refractivity contribution in [2.45, 2.75) is 78.3 Å². The minimum Gasteiger partial charge on any atom is -0.491 e. The Morgan fingerprint density at radius 1 is 1.00 bits per heavy atom. The van der Waals surface area contributed by atoms with Gasteiger partial charge in [-0.3, -0.25) is 20.4 Å². The molecule has 0 aromatic heterocycles. The van der Waals surface area contributed by atoms with Crippen LogP contribution in [0.25, 0.3) is 0 Å². The summed E-state index contributed by atoms with van der Waals surface area (Å²) in [4.78, 5) is 38.9. The van der Waals surface area contributed by atoms with E-state index in [4.69, 9.17) is 18.9 Å².